The summed E-state index contributed by atoms with van der Waals surface area (Å²) in [6, 6.07) is 0. The minimum atomic E-state index is -0.0809. The molecule has 0 aromatic carbocycles. The maximum atomic E-state index is 6.24. The number of nitrogens with two attached hydrogens (primary N) is 1. The average molecular weight is 299 g/mol. The molecule has 1 aromatic rings. The molecular weight excluding hydrogens is 278 g/mol. The Morgan fingerprint density at radius 1 is 1.37 bits per heavy atom. The van der Waals surface area contributed by atoms with Crippen molar-refractivity contribution in [3.8, 4) is 0 Å². The Bertz CT molecular complexity index is 433. The summed E-state index contributed by atoms with van der Waals surface area (Å²) in [7, 11) is 0. The van der Waals surface area contributed by atoms with Crippen molar-refractivity contribution in [3.63, 3.8) is 0 Å². The fourth-order valence-electron chi connectivity index (χ4n) is 2.71. The van der Waals surface area contributed by atoms with Crippen LogP contribution in [0.25, 0.3) is 0 Å². The molecule has 2 fully saturated rings. The van der Waals surface area contributed by atoms with E-state index < -0.39 is 0 Å². The van der Waals surface area contributed by atoms with E-state index in [1.165, 1.54) is 17.9 Å². The van der Waals surface area contributed by atoms with Gasteiger partial charge in [-0.3, -0.25) is 0 Å². The van der Waals surface area contributed by atoms with Crippen molar-refractivity contribution in [3.05, 3.63) is 11.7 Å². The van der Waals surface area contributed by atoms with E-state index in [1.807, 2.05) is 23.5 Å². The predicted molar refractivity (Wildman–Crippen MR) is 80.5 cm³/mol. The van der Waals surface area contributed by atoms with Gasteiger partial charge in [-0.15, -0.1) is 11.8 Å². The molecule has 0 bridgehead atoms. The van der Waals surface area contributed by atoms with Gasteiger partial charge in [0.2, 0.25) is 5.89 Å². The van der Waals surface area contributed by atoms with Gasteiger partial charge in [0.15, 0.2) is 5.82 Å². The van der Waals surface area contributed by atoms with E-state index in [9.17, 15) is 0 Å². The lowest BCUT2D eigenvalue weighted by molar-refractivity contribution is 0.221. The van der Waals surface area contributed by atoms with Crippen LogP contribution in [0, 0.1) is 0 Å². The monoisotopic (exact) mass is 299 g/mol. The van der Waals surface area contributed by atoms with Gasteiger partial charge >= 0.3 is 0 Å². The average Bonchev–Trinajstić information content (AvgIpc) is 2.85. The summed E-state index contributed by atoms with van der Waals surface area (Å²) < 4.78 is 5.42. The molecule has 1 saturated carbocycles. The van der Waals surface area contributed by atoms with E-state index in [2.05, 4.69) is 17.1 Å². The highest BCUT2D eigenvalue weighted by atomic mass is 32.2. The van der Waals surface area contributed by atoms with Crippen molar-refractivity contribution >= 4 is 23.5 Å². The molecular formula is C13H21N3OS2. The quantitative estimate of drug-likeness (QED) is 0.922. The van der Waals surface area contributed by atoms with Gasteiger partial charge in [-0.2, -0.15) is 16.7 Å². The largest absolute Gasteiger partial charge is 0.339 e. The van der Waals surface area contributed by atoms with Crippen LogP contribution in [-0.4, -0.2) is 32.4 Å². The van der Waals surface area contributed by atoms with Crippen LogP contribution < -0.4 is 5.73 Å². The van der Waals surface area contributed by atoms with Gasteiger partial charge in [0.25, 0.3) is 0 Å². The SMILES string of the molecule is CCC1SCCSC1c1noc(CC2(N)CCC2)n1. The minimum absolute atomic E-state index is 0.0809. The summed E-state index contributed by atoms with van der Waals surface area (Å²) >= 11 is 4.00. The zero-order valence-electron chi connectivity index (χ0n) is 11.3. The Morgan fingerprint density at radius 2 is 2.16 bits per heavy atom. The van der Waals surface area contributed by atoms with Crippen molar-refractivity contribution in [1.82, 2.24) is 10.1 Å². The Labute approximate surface area is 122 Å². The maximum Gasteiger partial charge on any atom is 0.228 e. The fraction of sp³-hybridized carbons (Fsp3) is 0.846. The second-order valence-corrected chi connectivity index (χ2v) is 8.14. The zero-order valence-corrected chi connectivity index (χ0v) is 12.9. The zero-order chi connectivity index (χ0) is 13.3. The van der Waals surface area contributed by atoms with Gasteiger partial charge in [-0.25, -0.2) is 0 Å². The number of rotatable bonds is 4. The van der Waals surface area contributed by atoms with Crippen molar-refractivity contribution in [1.29, 1.82) is 0 Å². The topological polar surface area (TPSA) is 64.9 Å². The molecule has 0 spiro atoms. The van der Waals surface area contributed by atoms with Crippen molar-refractivity contribution in [2.24, 2.45) is 5.73 Å². The standard InChI is InChI=1S/C13H21N3OS2/c1-2-9-11(19-7-6-18-9)12-15-10(17-16-12)8-13(14)4-3-5-13/h9,11H,2-8,14H2,1H3. The third-order valence-electron chi connectivity index (χ3n) is 4.04. The van der Waals surface area contributed by atoms with E-state index >= 15 is 0 Å². The molecule has 0 amide bonds. The first kappa shape index (κ1) is 13.8. The molecule has 106 valence electrons. The molecule has 3 rings (SSSR count). The van der Waals surface area contributed by atoms with E-state index in [-0.39, 0.29) is 5.54 Å². The molecule has 2 heterocycles. The molecule has 2 N–H and O–H groups in total. The third kappa shape index (κ3) is 2.95. The maximum absolute atomic E-state index is 6.24. The Hall–Kier alpha value is -0.200. The second-order valence-electron chi connectivity index (χ2n) is 5.55. The number of nitrogens with zero attached hydrogens (tertiary/aromatic N) is 2. The molecule has 1 aromatic heterocycles. The number of hydrogen-bond donors (Lipinski definition) is 1. The minimum Gasteiger partial charge on any atom is -0.339 e. The summed E-state index contributed by atoms with van der Waals surface area (Å²) in [5, 5.41) is 5.20. The summed E-state index contributed by atoms with van der Waals surface area (Å²) in [5.74, 6) is 4.01. The second kappa shape index (κ2) is 5.66. The summed E-state index contributed by atoms with van der Waals surface area (Å²) in [5.41, 5.74) is 6.16. The Balaban J connectivity index is 1.69. The molecule has 0 radical (unpaired) electrons. The molecule has 4 nitrogen and oxygen atoms in total. The van der Waals surface area contributed by atoms with Gasteiger partial charge in [-0.1, -0.05) is 12.1 Å². The van der Waals surface area contributed by atoms with Gasteiger partial charge < -0.3 is 10.3 Å². The van der Waals surface area contributed by atoms with E-state index in [4.69, 9.17) is 10.3 Å². The van der Waals surface area contributed by atoms with E-state index in [0.29, 0.717) is 10.5 Å². The highest BCUT2D eigenvalue weighted by Gasteiger charge is 2.36. The summed E-state index contributed by atoms with van der Waals surface area (Å²) in [6.45, 7) is 2.24. The Kier molecular flexibility index (Phi) is 4.10. The first-order valence-electron chi connectivity index (χ1n) is 7.05. The van der Waals surface area contributed by atoms with Crippen molar-refractivity contribution in [2.45, 2.75) is 55.1 Å². The van der Waals surface area contributed by atoms with Crippen molar-refractivity contribution in [2.75, 3.05) is 11.5 Å². The number of hydrogen-bond acceptors (Lipinski definition) is 6. The molecule has 2 unspecified atom stereocenters. The molecule has 6 heteroatoms. The van der Waals surface area contributed by atoms with Gasteiger partial charge in [0.05, 0.1) is 5.25 Å². The van der Waals surface area contributed by atoms with Gasteiger partial charge in [0, 0.05) is 28.7 Å². The van der Waals surface area contributed by atoms with Crippen LogP contribution in [0.15, 0.2) is 4.52 Å². The van der Waals surface area contributed by atoms with Crippen LogP contribution in [0.3, 0.4) is 0 Å². The fourth-order valence-corrected chi connectivity index (χ4v) is 5.69. The molecule has 1 aliphatic heterocycles. The first-order valence-corrected chi connectivity index (χ1v) is 9.14. The first-order chi connectivity index (χ1) is 9.20. The normalized spacial score (nSPS) is 30.0. The lowest BCUT2D eigenvalue weighted by Gasteiger charge is -2.36. The van der Waals surface area contributed by atoms with Crippen LogP contribution in [0.2, 0.25) is 0 Å². The summed E-state index contributed by atoms with van der Waals surface area (Å²) in [6.07, 6.45) is 5.28. The van der Waals surface area contributed by atoms with Crippen LogP contribution >= 0.6 is 23.5 Å². The van der Waals surface area contributed by atoms with Crippen LogP contribution in [0.4, 0.5) is 0 Å². The predicted octanol–water partition coefficient (Wildman–Crippen LogP) is 2.79. The molecule has 2 aliphatic rings. The van der Waals surface area contributed by atoms with E-state index in [0.717, 1.165) is 37.4 Å². The lowest BCUT2D eigenvalue weighted by atomic mass is 9.75. The Morgan fingerprint density at radius 3 is 2.84 bits per heavy atom. The smallest absolute Gasteiger partial charge is 0.228 e. The van der Waals surface area contributed by atoms with Gasteiger partial charge in [-0.05, 0) is 25.7 Å². The summed E-state index contributed by atoms with van der Waals surface area (Å²) in [4.78, 5) is 4.61. The van der Waals surface area contributed by atoms with Crippen LogP contribution in [-0.2, 0) is 6.42 Å². The number of thioether (sulfide) groups is 2. The van der Waals surface area contributed by atoms with Crippen molar-refractivity contribution < 1.29 is 4.52 Å². The molecule has 1 saturated heterocycles. The number of aromatic nitrogens is 2. The lowest BCUT2D eigenvalue weighted by Crippen LogP contribution is -2.48. The molecule has 2 atom stereocenters. The van der Waals surface area contributed by atoms with Gasteiger partial charge in [0.1, 0.15) is 0 Å². The highest BCUT2D eigenvalue weighted by Crippen LogP contribution is 2.43. The highest BCUT2D eigenvalue weighted by molar-refractivity contribution is 8.06. The van der Waals surface area contributed by atoms with E-state index in [1.54, 1.807) is 0 Å². The molecule has 19 heavy (non-hydrogen) atoms. The molecule has 1 aliphatic carbocycles. The van der Waals surface area contributed by atoms with Crippen LogP contribution in [0.1, 0.15) is 49.6 Å². The van der Waals surface area contributed by atoms with Crippen LogP contribution in [0.5, 0.6) is 0 Å². The third-order valence-corrected chi connectivity index (χ3v) is 7.29.